The summed E-state index contributed by atoms with van der Waals surface area (Å²) in [6.45, 7) is 5.37. The Kier molecular flexibility index (Phi) is 11.4. The van der Waals surface area contributed by atoms with Gasteiger partial charge in [-0.3, -0.25) is 9.69 Å². The number of anilines is 1. The minimum absolute atomic E-state index is 0.279. The molecule has 3 aromatic rings. The molecule has 1 aliphatic rings. The topological polar surface area (TPSA) is 32.3 Å². The Balaban J connectivity index is 1.26. The molecule has 0 saturated carbocycles. The normalized spacial score (nSPS) is 13.7. The molecular weight excluding hydrogens is 521 g/mol. The predicted octanol–water partition coefficient (Wildman–Crippen LogP) is 9.90. The Morgan fingerprint density at radius 2 is 1.46 bits per heavy atom. The number of nitrogens with one attached hydrogen (secondary N) is 1. The minimum atomic E-state index is -4.40. The summed E-state index contributed by atoms with van der Waals surface area (Å²) in [4.78, 5) is 15.8. The molecule has 220 valence electrons. The van der Waals surface area contributed by atoms with Gasteiger partial charge in [0.1, 0.15) is 0 Å². The van der Waals surface area contributed by atoms with Crippen molar-refractivity contribution in [1.29, 1.82) is 0 Å². The molecule has 3 nitrogen and oxygen atoms in total. The number of nitrogens with zero attached hydrogens (tertiary/aromatic N) is 1. The Morgan fingerprint density at radius 1 is 0.805 bits per heavy atom. The summed E-state index contributed by atoms with van der Waals surface area (Å²) < 4.78 is 39.0. The van der Waals surface area contributed by atoms with Crippen LogP contribution in [0.3, 0.4) is 0 Å². The standard InChI is InChI=1S/C35H43F3N2O/c1-2-3-4-5-6-7-8-9-10-13-23-40-24-22-28-25-31(21-18-29(28)26-40)39-34(41)33-15-12-11-14-32(33)27-16-19-30(20-17-27)35(36,37)38/h11-12,14-21,25H,2-10,13,22-24,26H2,1H3,(H,39,41). The molecule has 41 heavy (non-hydrogen) atoms. The Morgan fingerprint density at radius 3 is 2.15 bits per heavy atom. The first kappa shape index (κ1) is 30.8. The van der Waals surface area contributed by atoms with Crippen LogP contribution in [0.5, 0.6) is 0 Å². The van der Waals surface area contributed by atoms with Crippen LogP contribution in [-0.4, -0.2) is 23.9 Å². The minimum Gasteiger partial charge on any atom is -0.322 e. The second-order valence-corrected chi connectivity index (χ2v) is 11.3. The fraction of sp³-hybridized carbons (Fsp3) is 0.457. The highest BCUT2D eigenvalue weighted by molar-refractivity contribution is 6.08. The van der Waals surface area contributed by atoms with Crippen molar-refractivity contribution in [1.82, 2.24) is 4.90 Å². The highest BCUT2D eigenvalue weighted by atomic mass is 19.4. The summed E-state index contributed by atoms with van der Waals surface area (Å²) >= 11 is 0. The van der Waals surface area contributed by atoms with E-state index in [1.807, 2.05) is 6.07 Å². The van der Waals surface area contributed by atoms with E-state index >= 15 is 0 Å². The number of carbonyl (C=O) groups is 1. The lowest BCUT2D eigenvalue weighted by Gasteiger charge is -2.29. The molecule has 0 bridgehead atoms. The largest absolute Gasteiger partial charge is 0.416 e. The molecule has 0 spiro atoms. The second kappa shape index (κ2) is 15.2. The molecule has 1 aliphatic heterocycles. The van der Waals surface area contributed by atoms with Crippen LogP contribution in [-0.2, 0) is 19.1 Å². The maximum absolute atomic E-state index is 13.2. The third kappa shape index (κ3) is 9.19. The lowest BCUT2D eigenvalue weighted by Crippen LogP contribution is -2.31. The molecular formula is C35H43F3N2O. The van der Waals surface area contributed by atoms with Gasteiger partial charge < -0.3 is 5.32 Å². The lowest BCUT2D eigenvalue weighted by atomic mass is 9.97. The van der Waals surface area contributed by atoms with Crippen molar-refractivity contribution in [3.63, 3.8) is 0 Å². The van der Waals surface area contributed by atoms with E-state index in [0.29, 0.717) is 16.7 Å². The molecule has 1 heterocycles. The van der Waals surface area contributed by atoms with E-state index < -0.39 is 11.7 Å². The van der Waals surface area contributed by atoms with E-state index in [1.165, 1.54) is 87.5 Å². The monoisotopic (exact) mass is 564 g/mol. The summed E-state index contributed by atoms with van der Waals surface area (Å²) in [6.07, 6.45) is 10.0. The molecule has 4 rings (SSSR count). The number of fused-ring (bicyclic) bond motifs is 1. The van der Waals surface area contributed by atoms with Crippen molar-refractivity contribution < 1.29 is 18.0 Å². The van der Waals surface area contributed by atoms with Crippen LogP contribution in [0.2, 0.25) is 0 Å². The van der Waals surface area contributed by atoms with Gasteiger partial charge in [-0.25, -0.2) is 0 Å². The van der Waals surface area contributed by atoms with Crippen molar-refractivity contribution in [2.24, 2.45) is 0 Å². The third-order valence-corrected chi connectivity index (χ3v) is 8.08. The molecule has 6 heteroatoms. The summed E-state index contributed by atoms with van der Waals surface area (Å²) in [5.41, 5.74) is 4.19. The van der Waals surface area contributed by atoms with E-state index in [-0.39, 0.29) is 5.91 Å². The van der Waals surface area contributed by atoms with E-state index in [0.717, 1.165) is 43.9 Å². The zero-order valence-corrected chi connectivity index (χ0v) is 24.2. The molecule has 0 unspecified atom stereocenters. The highest BCUT2D eigenvalue weighted by Crippen LogP contribution is 2.32. The molecule has 0 radical (unpaired) electrons. The molecule has 1 N–H and O–H groups in total. The number of rotatable bonds is 14. The van der Waals surface area contributed by atoms with Crippen LogP contribution in [0.25, 0.3) is 11.1 Å². The van der Waals surface area contributed by atoms with Gasteiger partial charge in [0.05, 0.1) is 5.56 Å². The van der Waals surface area contributed by atoms with Crippen molar-refractivity contribution in [3.05, 3.63) is 89.0 Å². The number of halogens is 3. The fourth-order valence-electron chi connectivity index (χ4n) is 5.67. The van der Waals surface area contributed by atoms with Gasteiger partial charge in [-0.1, -0.05) is 101 Å². The molecule has 0 fully saturated rings. The number of carbonyl (C=O) groups excluding carboxylic acids is 1. The highest BCUT2D eigenvalue weighted by Gasteiger charge is 2.30. The molecule has 0 aromatic heterocycles. The van der Waals surface area contributed by atoms with Gasteiger partial charge in [0, 0.05) is 24.3 Å². The van der Waals surface area contributed by atoms with Crippen molar-refractivity contribution in [3.8, 4) is 11.1 Å². The summed E-state index contributed by atoms with van der Waals surface area (Å²) in [5.74, 6) is -0.279. The van der Waals surface area contributed by atoms with Crippen LogP contribution >= 0.6 is 0 Å². The van der Waals surface area contributed by atoms with Crippen molar-refractivity contribution in [2.45, 2.75) is 90.3 Å². The Hall–Kier alpha value is -3.12. The average Bonchev–Trinajstić information content (AvgIpc) is 2.97. The van der Waals surface area contributed by atoms with Crippen LogP contribution in [0.1, 0.15) is 98.2 Å². The fourth-order valence-corrected chi connectivity index (χ4v) is 5.67. The molecule has 1 amide bonds. The van der Waals surface area contributed by atoms with Gasteiger partial charge in [0.15, 0.2) is 0 Å². The zero-order valence-electron chi connectivity index (χ0n) is 24.2. The number of hydrogen-bond acceptors (Lipinski definition) is 2. The van der Waals surface area contributed by atoms with Gasteiger partial charge in [0.25, 0.3) is 5.91 Å². The first-order chi connectivity index (χ1) is 19.8. The number of alkyl halides is 3. The van der Waals surface area contributed by atoms with Crippen molar-refractivity contribution in [2.75, 3.05) is 18.4 Å². The molecule has 0 saturated heterocycles. The van der Waals surface area contributed by atoms with E-state index in [9.17, 15) is 18.0 Å². The molecule has 0 aliphatic carbocycles. The first-order valence-corrected chi connectivity index (χ1v) is 15.3. The smallest absolute Gasteiger partial charge is 0.322 e. The average molecular weight is 565 g/mol. The summed E-state index contributed by atoms with van der Waals surface area (Å²) in [6, 6.07) is 18.0. The predicted molar refractivity (Wildman–Crippen MR) is 162 cm³/mol. The SMILES string of the molecule is CCCCCCCCCCCCN1CCc2cc(NC(=O)c3ccccc3-c3ccc(C(F)(F)F)cc3)ccc2C1. The Bertz CT molecular complexity index is 1250. The van der Waals surface area contributed by atoms with Gasteiger partial charge in [-0.2, -0.15) is 13.2 Å². The number of benzene rings is 3. The van der Waals surface area contributed by atoms with Crippen LogP contribution in [0.4, 0.5) is 18.9 Å². The molecule has 0 atom stereocenters. The first-order valence-electron chi connectivity index (χ1n) is 15.3. The summed E-state index contributed by atoms with van der Waals surface area (Å²) in [5, 5.41) is 3.01. The third-order valence-electron chi connectivity index (χ3n) is 8.08. The number of unbranched alkanes of at least 4 members (excludes halogenated alkanes) is 9. The lowest BCUT2D eigenvalue weighted by molar-refractivity contribution is -0.137. The van der Waals surface area contributed by atoms with Gasteiger partial charge in [-0.15, -0.1) is 0 Å². The maximum atomic E-state index is 13.2. The maximum Gasteiger partial charge on any atom is 0.416 e. The molecule has 3 aromatic carbocycles. The zero-order chi connectivity index (χ0) is 29.1. The quantitative estimate of drug-likeness (QED) is 0.198. The number of amides is 1. The van der Waals surface area contributed by atoms with E-state index in [2.05, 4.69) is 29.3 Å². The van der Waals surface area contributed by atoms with Crippen LogP contribution in [0, 0.1) is 0 Å². The number of hydrogen-bond donors (Lipinski definition) is 1. The Labute approximate surface area is 243 Å². The summed E-state index contributed by atoms with van der Waals surface area (Å²) in [7, 11) is 0. The van der Waals surface area contributed by atoms with Crippen molar-refractivity contribution >= 4 is 11.6 Å². The van der Waals surface area contributed by atoms with Crippen LogP contribution < -0.4 is 5.32 Å². The van der Waals surface area contributed by atoms with Gasteiger partial charge in [-0.05, 0) is 72.0 Å². The van der Waals surface area contributed by atoms with E-state index in [1.54, 1.807) is 24.3 Å². The van der Waals surface area contributed by atoms with Gasteiger partial charge in [0.2, 0.25) is 0 Å². The van der Waals surface area contributed by atoms with Gasteiger partial charge >= 0.3 is 6.18 Å². The second-order valence-electron chi connectivity index (χ2n) is 11.3. The van der Waals surface area contributed by atoms with Crippen LogP contribution in [0.15, 0.2) is 66.7 Å². The van der Waals surface area contributed by atoms with E-state index in [4.69, 9.17) is 0 Å².